The Morgan fingerprint density at radius 2 is 1.94 bits per heavy atom. The molecule has 1 N–H and O–H groups in total. The lowest BCUT2D eigenvalue weighted by atomic mass is 9.96. The number of aromatic nitrogens is 2. The van der Waals surface area contributed by atoms with Gasteiger partial charge in [-0.3, -0.25) is 4.98 Å². The van der Waals surface area contributed by atoms with Gasteiger partial charge in [0.15, 0.2) is 0 Å². The molecule has 2 unspecified atom stereocenters. The normalized spacial score (nSPS) is 16.6. The number of pyridine rings is 1. The van der Waals surface area contributed by atoms with Gasteiger partial charge < -0.3 is 9.12 Å². The molecule has 0 radical (unpaired) electrons. The maximum absolute atomic E-state index is 15.3. The summed E-state index contributed by atoms with van der Waals surface area (Å²) in [4.78, 5) is 4.05. The lowest BCUT2D eigenvalue weighted by molar-refractivity contribution is 0.349. The first kappa shape index (κ1) is 22.2. The Hall–Kier alpha value is -1.96. The van der Waals surface area contributed by atoms with Gasteiger partial charge in [-0.15, -0.1) is 4.72 Å². The molecule has 2 atom stereocenters. The highest BCUT2D eigenvalue weighted by atomic mass is 32.2. The second kappa shape index (κ2) is 8.19. The number of aryl methyl sites for hydroxylation is 1. The minimum atomic E-state index is -1.09. The van der Waals surface area contributed by atoms with Crippen molar-refractivity contribution in [3.05, 3.63) is 53.5 Å². The summed E-state index contributed by atoms with van der Waals surface area (Å²) in [5, 5.41) is 0.998. The van der Waals surface area contributed by atoms with Crippen LogP contribution < -0.4 is 4.72 Å². The van der Waals surface area contributed by atoms with Gasteiger partial charge in [0, 0.05) is 64.7 Å². The molecule has 1 saturated carbocycles. The van der Waals surface area contributed by atoms with Gasteiger partial charge in [-0.2, -0.15) is 0 Å². The average Bonchev–Trinajstić information content (AvgIpc) is 3.46. The summed E-state index contributed by atoms with van der Waals surface area (Å²) in [6.45, 7) is 10.9. The van der Waals surface area contributed by atoms with Gasteiger partial charge in [0.25, 0.3) is 0 Å². The van der Waals surface area contributed by atoms with Crippen LogP contribution in [-0.4, -0.2) is 19.4 Å². The van der Waals surface area contributed by atoms with Crippen LogP contribution in [0.3, 0.4) is 0 Å². The van der Waals surface area contributed by atoms with Gasteiger partial charge in [-0.25, -0.2) is 8.78 Å². The third kappa shape index (κ3) is 4.78. The van der Waals surface area contributed by atoms with Gasteiger partial charge in [-0.05, 0) is 43.0 Å². The summed E-state index contributed by atoms with van der Waals surface area (Å²) in [7, 11) is 0. The number of halogens is 2. The molecular weight excluding hydrogens is 416 g/mol. The Kier molecular flexibility index (Phi) is 5.87. The van der Waals surface area contributed by atoms with E-state index in [4.69, 9.17) is 0 Å². The summed E-state index contributed by atoms with van der Waals surface area (Å²) in [5.41, 5.74) is 3.14. The molecule has 0 saturated heterocycles. The summed E-state index contributed by atoms with van der Waals surface area (Å²) in [6, 6.07) is 4.44. The van der Waals surface area contributed by atoms with E-state index < -0.39 is 23.0 Å². The fraction of sp³-hybridized carbons (Fsp3) is 0.458. The third-order valence-corrected chi connectivity index (χ3v) is 7.24. The molecule has 2 aromatic heterocycles. The summed E-state index contributed by atoms with van der Waals surface area (Å²) >= 11 is -1.09. The number of rotatable bonds is 6. The molecule has 31 heavy (non-hydrogen) atoms. The predicted octanol–water partition coefficient (Wildman–Crippen LogP) is 5.81. The molecule has 0 bridgehead atoms. The van der Waals surface area contributed by atoms with E-state index in [2.05, 4.69) is 35.0 Å². The predicted molar refractivity (Wildman–Crippen MR) is 122 cm³/mol. The monoisotopic (exact) mass is 445 g/mol. The van der Waals surface area contributed by atoms with Crippen LogP contribution in [0.2, 0.25) is 0 Å². The molecule has 0 aliphatic heterocycles. The van der Waals surface area contributed by atoms with E-state index >= 15 is 4.39 Å². The Bertz CT molecular complexity index is 1120. The number of fused-ring (bicyclic) bond motifs is 1. The first-order valence-corrected chi connectivity index (χ1v) is 11.9. The third-order valence-electron chi connectivity index (χ3n) is 5.58. The highest BCUT2D eigenvalue weighted by Gasteiger charge is 2.36. The molecule has 1 aromatic carbocycles. The van der Waals surface area contributed by atoms with E-state index in [9.17, 15) is 8.94 Å². The van der Waals surface area contributed by atoms with Crippen LogP contribution in [0.25, 0.3) is 22.0 Å². The van der Waals surface area contributed by atoms with E-state index in [1.165, 1.54) is 12.1 Å². The van der Waals surface area contributed by atoms with E-state index in [1.54, 1.807) is 13.0 Å². The van der Waals surface area contributed by atoms with Crippen molar-refractivity contribution < 1.29 is 13.3 Å². The Morgan fingerprint density at radius 3 is 2.58 bits per heavy atom. The molecular formula is C24H29F2N3OS. The van der Waals surface area contributed by atoms with Crippen LogP contribution in [0.5, 0.6) is 0 Å². The van der Waals surface area contributed by atoms with Crippen LogP contribution >= 0.6 is 0 Å². The van der Waals surface area contributed by atoms with E-state index in [-0.39, 0.29) is 16.7 Å². The summed E-state index contributed by atoms with van der Waals surface area (Å²) < 4.78 is 46.8. The minimum Gasteiger partial charge on any atom is -0.598 e. The van der Waals surface area contributed by atoms with Crippen molar-refractivity contribution >= 4 is 22.3 Å². The number of benzene rings is 1. The molecule has 0 amide bonds. The molecule has 3 aromatic rings. The van der Waals surface area contributed by atoms with Gasteiger partial charge in [-0.1, -0.05) is 20.8 Å². The van der Waals surface area contributed by atoms with E-state index in [1.807, 2.05) is 13.1 Å². The Labute approximate surface area is 185 Å². The molecule has 4 nitrogen and oxygen atoms in total. The molecule has 7 heteroatoms. The molecule has 166 valence electrons. The Morgan fingerprint density at radius 1 is 1.23 bits per heavy atom. The zero-order valence-electron chi connectivity index (χ0n) is 18.6. The van der Waals surface area contributed by atoms with Crippen molar-refractivity contribution in [3.63, 3.8) is 0 Å². The van der Waals surface area contributed by atoms with Gasteiger partial charge in [0.2, 0.25) is 0 Å². The molecule has 2 heterocycles. The molecule has 1 aliphatic rings. The molecule has 1 fully saturated rings. The lowest BCUT2D eigenvalue weighted by Gasteiger charge is -2.20. The smallest absolute Gasteiger partial charge is 0.142 e. The van der Waals surface area contributed by atoms with Gasteiger partial charge in [0.1, 0.15) is 16.9 Å². The number of nitrogens with zero attached hydrogens (tertiary/aromatic N) is 2. The zero-order valence-corrected chi connectivity index (χ0v) is 19.4. The average molecular weight is 446 g/mol. The first-order chi connectivity index (χ1) is 14.5. The zero-order chi connectivity index (χ0) is 22.5. The quantitative estimate of drug-likeness (QED) is 0.487. The van der Waals surface area contributed by atoms with Crippen LogP contribution in [-0.2, 0) is 17.9 Å². The first-order valence-electron chi connectivity index (χ1n) is 10.6. The van der Waals surface area contributed by atoms with Crippen molar-refractivity contribution in [1.82, 2.24) is 14.3 Å². The molecule has 0 spiro atoms. The van der Waals surface area contributed by atoms with Gasteiger partial charge >= 0.3 is 0 Å². The number of nitrogens with one attached hydrogen (secondary N) is 1. The Balaban J connectivity index is 1.84. The lowest BCUT2D eigenvalue weighted by Crippen LogP contribution is -2.29. The second-order valence-electron chi connectivity index (χ2n) is 9.75. The van der Waals surface area contributed by atoms with Crippen molar-refractivity contribution in [2.24, 2.45) is 5.41 Å². The van der Waals surface area contributed by atoms with Crippen molar-refractivity contribution in [1.29, 1.82) is 0 Å². The standard InChI is InChI=1S/C24H29F2N3OS/c1-14-18(8-16(25)11-27-14)19-10-23-20(9-22(19)26)21(12-29(23)13-24(3,4)5)15(2)28-31(30)17-6-7-17/h8-12,15,17,28H,6-7,13H2,1-5H3. The summed E-state index contributed by atoms with van der Waals surface area (Å²) in [6.07, 6.45) is 5.13. The van der Waals surface area contributed by atoms with E-state index in [0.717, 1.165) is 42.0 Å². The molecule has 4 rings (SSSR count). The van der Waals surface area contributed by atoms with Crippen LogP contribution in [0, 0.1) is 24.0 Å². The van der Waals surface area contributed by atoms with Crippen LogP contribution in [0.1, 0.15) is 57.8 Å². The largest absolute Gasteiger partial charge is 0.598 e. The van der Waals surface area contributed by atoms with Crippen LogP contribution in [0.4, 0.5) is 8.78 Å². The maximum Gasteiger partial charge on any atom is 0.142 e. The van der Waals surface area contributed by atoms with Crippen LogP contribution in [0.15, 0.2) is 30.6 Å². The fourth-order valence-corrected chi connectivity index (χ4v) is 5.16. The topological polar surface area (TPSA) is 52.9 Å². The number of hydrogen-bond acceptors (Lipinski definition) is 3. The fourth-order valence-electron chi connectivity index (χ4n) is 3.93. The highest BCUT2D eigenvalue weighted by molar-refractivity contribution is 7.90. The minimum absolute atomic E-state index is 0.00158. The van der Waals surface area contributed by atoms with Crippen molar-refractivity contribution in [2.75, 3.05) is 0 Å². The van der Waals surface area contributed by atoms with Crippen molar-refractivity contribution in [2.45, 2.75) is 65.3 Å². The SMILES string of the molecule is Cc1ncc(F)cc1-c1cc2c(cc1F)c(C(C)N[S+]([O-])C1CC1)cn2CC(C)(C)C. The second-order valence-corrected chi connectivity index (χ2v) is 11.2. The van der Waals surface area contributed by atoms with E-state index in [0.29, 0.717) is 16.8 Å². The molecule has 1 aliphatic carbocycles. The highest BCUT2D eigenvalue weighted by Crippen LogP contribution is 2.36. The summed E-state index contributed by atoms with van der Waals surface area (Å²) in [5.74, 6) is -0.917. The maximum atomic E-state index is 15.3. The number of hydrogen-bond donors (Lipinski definition) is 1. The van der Waals surface area contributed by atoms with Gasteiger partial charge in [0.05, 0.1) is 12.2 Å². The van der Waals surface area contributed by atoms with Crippen molar-refractivity contribution in [3.8, 4) is 11.1 Å².